The van der Waals surface area contributed by atoms with E-state index in [9.17, 15) is 4.79 Å². The van der Waals surface area contributed by atoms with Gasteiger partial charge in [0, 0.05) is 13.5 Å². The Morgan fingerprint density at radius 2 is 2.00 bits per heavy atom. The van der Waals surface area contributed by atoms with Crippen molar-refractivity contribution in [1.82, 2.24) is 5.32 Å². The minimum Gasteiger partial charge on any atom is -0.359 e. The molecule has 0 saturated carbocycles. The van der Waals surface area contributed by atoms with Crippen molar-refractivity contribution in [2.45, 2.75) is 33.1 Å². The van der Waals surface area contributed by atoms with Crippen molar-refractivity contribution < 1.29 is 4.79 Å². The predicted molar refractivity (Wildman–Crippen MR) is 50.8 cm³/mol. The van der Waals surface area contributed by atoms with E-state index in [0.717, 1.165) is 12.8 Å². The van der Waals surface area contributed by atoms with Gasteiger partial charge in [0.1, 0.15) is 0 Å². The summed E-state index contributed by atoms with van der Waals surface area (Å²) in [7, 11) is 1.66. The van der Waals surface area contributed by atoms with Gasteiger partial charge in [-0.1, -0.05) is 13.8 Å². The van der Waals surface area contributed by atoms with Crippen molar-refractivity contribution in [2.75, 3.05) is 13.6 Å². The highest BCUT2D eigenvalue weighted by Crippen LogP contribution is 2.25. The molecule has 0 aromatic heterocycles. The minimum atomic E-state index is 0.111. The molecule has 1 amide bonds. The molecule has 72 valence electrons. The lowest BCUT2D eigenvalue weighted by molar-refractivity contribution is -0.121. The molecule has 0 rings (SSSR count). The van der Waals surface area contributed by atoms with Gasteiger partial charge in [0.05, 0.1) is 0 Å². The first-order valence-electron chi connectivity index (χ1n) is 4.42. The molecule has 0 aromatic rings. The standard InChI is InChI=1S/C9H20N2O/c1-9(2,6-7-10)5-4-8(12)11-3/h4-7,10H2,1-3H3,(H,11,12). The minimum absolute atomic E-state index is 0.111. The van der Waals surface area contributed by atoms with Crippen LogP contribution in [-0.4, -0.2) is 19.5 Å². The maximum absolute atomic E-state index is 10.9. The van der Waals surface area contributed by atoms with Gasteiger partial charge >= 0.3 is 0 Å². The Kier molecular flexibility index (Phi) is 4.90. The summed E-state index contributed by atoms with van der Waals surface area (Å²) in [6.07, 6.45) is 2.48. The summed E-state index contributed by atoms with van der Waals surface area (Å²) >= 11 is 0. The third-order valence-corrected chi connectivity index (χ3v) is 2.13. The molecule has 0 fully saturated rings. The summed E-state index contributed by atoms with van der Waals surface area (Å²) in [4.78, 5) is 10.9. The van der Waals surface area contributed by atoms with Gasteiger partial charge in [-0.15, -0.1) is 0 Å². The number of carbonyl (C=O) groups is 1. The first-order chi connectivity index (χ1) is 5.52. The molecule has 3 N–H and O–H groups in total. The fraction of sp³-hybridized carbons (Fsp3) is 0.889. The SMILES string of the molecule is CNC(=O)CCC(C)(C)CCN. The molecule has 0 saturated heterocycles. The first-order valence-corrected chi connectivity index (χ1v) is 4.42. The van der Waals surface area contributed by atoms with Gasteiger partial charge in [0.25, 0.3) is 0 Å². The molecule has 12 heavy (non-hydrogen) atoms. The Hall–Kier alpha value is -0.570. The maximum Gasteiger partial charge on any atom is 0.219 e. The average molecular weight is 172 g/mol. The predicted octanol–water partition coefficient (Wildman–Crippen LogP) is 0.888. The lowest BCUT2D eigenvalue weighted by Crippen LogP contribution is -2.23. The average Bonchev–Trinajstić information content (AvgIpc) is 2.00. The summed E-state index contributed by atoms with van der Waals surface area (Å²) in [6.45, 7) is 4.98. The molecule has 0 aromatic carbocycles. The Morgan fingerprint density at radius 3 is 2.42 bits per heavy atom. The molecule has 0 unspecified atom stereocenters. The zero-order valence-corrected chi connectivity index (χ0v) is 8.31. The summed E-state index contributed by atoms with van der Waals surface area (Å²) in [5.41, 5.74) is 5.65. The quantitative estimate of drug-likeness (QED) is 0.647. The molecule has 0 aliphatic carbocycles. The van der Waals surface area contributed by atoms with Crippen molar-refractivity contribution in [3.8, 4) is 0 Å². The molecule has 0 spiro atoms. The van der Waals surface area contributed by atoms with Crippen molar-refractivity contribution in [1.29, 1.82) is 0 Å². The van der Waals surface area contributed by atoms with Gasteiger partial charge in [-0.05, 0) is 24.8 Å². The number of nitrogens with one attached hydrogen (secondary N) is 1. The molecule has 0 radical (unpaired) electrons. The fourth-order valence-corrected chi connectivity index (χ4v) is 1.09. The van der Waals surface area contributed by atoms with Crippen LogP contribution >= 0.6 is 0 Å². The highest BCUT2D eigenvalue weighted by Gasteiger charge is 2.17. The molecular weight excluding hydrogens is 152 g/mol. The van der Waals surface area contributed by atoms with Crippen LogP contribution in [0, 0.1) is 5.41 Å². The van der Waals surface area contributed by atoms with Crippen LogP contribution in [0.15, 0.2) is 0 Å². The van der Waals surface area contributed by atoms with Crippen LogP contribution in [-0.2, 0) is 4.79 Å². The van der Waals surface area contributed by atoms with E-state index in [1.807, 2.05) is 0 Å². The van der Waals surface area contributed by atoms with Gasteiger partial charge in [-0.25, -0.2) is 0 Å². The zero-order valence-electron chi connectivity index (χ0n) is 8.31. The Morgan fingerprint density at radius 1 is 1.42 bits per heavy atom. The Balaban J connectivity index is 3.67. The van der Waals surface area contributed by atoms with Crippen LogP contribution in [0.5, 0.6) is 0 Å². The van der Waals surface area contributed by atoms with E-state index in [-0.39, 0.29) is 11.3 Å². The number of rotatable bonds is 5. The van der Waals surface area contributed by atoms with E-state index in [2.05, 4.69) is 19.2 Å². The van der Waals surface area contributed by atoms with E-state index in [1.165, 1.54) is 0 Å². The molecule has 0 atom stereocenters. The van der Waals surface area contributed by atoms with Gasteiger partial charge in [0.2, 0.25) is 5.91 Å². The third kappa shape index (κ3) is 5.13. The Labute approximate surface area is 74.7 Å². The van der Waals surface area contributed by atoms with E-state index < -0.39 is 0 Å². The molecule has 0 aliphatic heterocycles. The van der Waals surface area contributed by atoms with Gasteiger partial charge < -0.3 is 11.1 Å². The second-order valence-corrected chi connectivity index (χ2v) is 3.88. The second-order valence-electron chi connectivity index (χ2n) is 3.88. The topological polar surface area (TPSA) is 55.1 Å². The maximum atomic E-state index is 10.9. The smallest absolute Gasteiger partial charge is 0.219 e. The van der Waals surface area contributed by atoms with Crippen molar-refractivity contribution in [3.63, 3.8) is 0 Å². The number of hydrogen-bond donors (Lipinski definition) is 2. The summed E-state index contributed by atoms with van der Waals surface area (Å²) in [5, 5.41) is 2.61. The van der Waals surface area contributed by atoms with Crippen molar-refractivity contribution >= 4 is 5.91 Å². The van der Waals surface area contributed by atoms with E-state index in [0.29, 0.717) is 13.0 Å². The van der Waals surface area contributed by atoms with Crippen LogP contribution in [0.25, 0.3) is 0 Å². The lowest BCUT2D eigenvalue weighted by Gasteiger charge is -2.22. The zero-order chi connectivity index (χ0) is 9.61. The number of hydrogen-bond acceptors (Lipinski definition) is 2. The van der Waals surface area contributed by atoms with Gasteiger partial charge in [-0.2, -0.15) is 0 Å². The van der Waals surface area contributed by atoms with E-state index >= 15 is 0 Å². The first kappa shape index (κ1) is 11.4. The van der Waals surface area contributed by atoms with Crippen molar-refractivity contribution in [3.05, 3.63) is 0 Å². The Bertz CT molecular complexity index is 143. The summed E-state index contributed by atoms with van der Waals surface area (Å²) in [6, 6.07) is 0. The number of amides is 1. The van der Waals surface area contributed by atoms with E-state index in [1.54, 1.807) is 7.05 Å². The highest BCUT2D eigenvalue weighted by atomic mass is 16.1. The summed E-state index contributed by atoms with van der Waals surface area (Å²) < 4.78 is 0. The molecule has 3 nitrogen and oxygen atoms in total. The van der Waals surface area contributed by atoms with Gasteiger partial charge in [0.15, 0.2) is 0 Å². The monoisotopic (exact) mass is 172 g/mol. The lowest BCUT2D eigenvalue weighted by atomic mass is 9.84. The molecule has 3 heteroatoms. The van der Waals surface area contributed by atoms with Crippen molar-refractivity contribution in [2.24, 2.45) is 11.1 Å². The van der Waals surface area contributed by atoms with Crippen LogP contribution < -0.4 is 11.1 Å². The molecule has 0 heterocycles. The summed E-state index contributed by atoms with van der Waals surface area (Å²) in [5.74, 6) is 0.111. The number of nitrogens with two attached hydrogens (primary N) is 1. The highest BCUT2D eigenvalue weighted by molar-refractivity contribution is 5.75. The van der Waals surface area contributed by atoms with E-state index in [4.69, 9.17) is 5.73 Å². The third-order valence-electron chi connectivity index (χ3n) is 2.13. The molecule has 0 aliphatic rings. The number of carbonyl (C=O) groups excluding carboxylic acids is 1. The molecular formula is C9H20N2O. The van der Waals surface area contributed by atoms with Crippen LogP contribution in [0.2, 0.25) is 0 Å². The fourth-order valence-electron chi connectivity index (χ4n) is 1.09. The normalized spacial score (nSPS) is 11.3. The second kappa shape index (κ2) is 5.14. The van der Waals surface area contributed by atoms with Crippen LogP contribution in [0.1, 0.15) is 33.1 Å². The van der Waals surface area contributed by atoms with Gasteiger partial charge in [-0.3, -0.25) is 4.79 Å². The largest absolute Gasteiger partial charge is 0.359 e. The van der Waals surface area contributed by atoms with Crippen LogP contribution in [0.3, 0.4) is 0 Å². The molecule has 0 bridgehead atoms. The van der Waals surface area contributed by atoms with Crippen LogP contribution in [0.4, 0.5) is 0 Å².